The molecule has 4 amide bonds. The summed E-state index contributed by atoms with van der Waals surface area (Å²) in [6.07, 6.45) is 0.862. The number of urea groups is 1. The zero-order chi connectivity index (χ0) is 23.0. The number of alkyl carbamates (subject to hydrolysis) is 1. The Morgan fingerprint density at radius 3 is 2.26 bits per heavy atom. The van der Waals surface area contributed by atoms with Crippen LogP contribution in [0.5, 0.6) is 0 Å². The number of nitrogens with zero attached hydrogens (tertiary/aromatic N) is 1. The van der Waals surface area contributed by atoms with E-state index in [4.69, 9.17) is 4.74 Å². The molecular formula is C23H36N4O4. The van der Waals surface area contributed by atoms with Crippen molar-refractivity contribution in [1.29, 1.82) is 0 Å². The number of ether oxygens (including phenoxy) is 1. The lowest BCUT2D eigenvalue weighted by molar-refractivity contribution is -0.135. The van der Waals surface area contributed by atoms with E-state index in [0.29, 0.717) is 32.5 Å². The van der Waals surface area contributed by atoms with E-state index < -0.39 is 17.7 Å². The Kier molecular flexibility index (Phi) is 8.71. The molecule has 31 heavy (non-hydrogen) atoms. The molecule has 0 radical (unpaired) electrons. The van der Waals surface area contributed by atoms with Gasteiger partial charge in [0, 0.05) is 25.7 Å². The standard InChI is InChI=1S/C23H36N4O4/c1-16(2)19(26-21(29)24-15-17-9-7-6-8-10-17)20(28)27-13-11-18(12-14-27)25-22(30)31-23(3,4)5/h6-10,16,18-19H,11-15H2,1-5H3,(H,25,30)(H2,24,26,29). The second-order valence-electron chi connectivity index (χ2n) is 9.28. The average Bonchev–Trinajstić information content (AvgIpc) is 2.69. The summed E-state index contributed by atoms with van der Waals surface area (Å²) in [7, 11) is 0. The van der Waals surface area contributed by atoms with Gasteiger partial charge in [-0.2, -0.15) is 0 Å². The first-order valence-corrected chi connectivity index (χ1v) is 10.9. The summed E-state index contributed by atoms with van der Waals surface area (Å²) >= 11 is 0. The summed E-state index contributed by atoms with van der Waals surface area (Å²) in [6, 6.07) is 8.61. The lowest BCUT2D eigenvalue weighted by atomic mass is 9.99. The highest BCUT2D eigenvalue weighted by atomic mass is 16.6. The largest absolute Gasteiger partial charge is 0.444 e. The molecule has 1 unspecified atom stereocenters. The number of carbonyl (C=O) groups is 3. The molecule has 8 nitrogen and oxygen atoms in total. The molecule has 1 heterocycles. The third kappa shape index (κ3) is 8.47. The van der Waals surface area contributed by atoms with Crippen LogP contribution in [0, 0.1) is 5.92 Å². The summed E-state index contributed by atoms with van der Waals surface area (Å²) in [5.41, 5.74) is 0.447. The second-order valence-corrected chi connectivity index (χ2v) is 9.28. The number of rotatable bonds is 6. The molecule has 1 atom stereocenters. The first-order chi connectivity index (χ1) is 14.5. The summed E-state index contributed by atoms with van der Waals surface area (Å²) in [5.74, 6) is -0.145. The second kappa shape index (κ2) is 11.0. The number of carbonyl (C=O) groups excluding carboxylic acids is 3. The van der Waals surface area contributed by atoms with Crippen molar-refractivity contribution in [1.82, 2.24) is 20.9 Å². The Morgan fingerprint density at radius 2 is 1.71 bits per heavy atom. The highest BCUT2D eigenvalue weighted by Gasteiger charge is 2.32. The maximum Gasteiger partial charge on any atom is 0.407 e. The van der Waals surface area contributed by atoms with E-state index in [1.165, 1.54) is 0 Å². The summed E-state index contributed by atoms with van der Waals surface area (Å²) in [5, 5.41) is 8.50. The lowest BCUT2D eigenvalue weighted by Gasteiger charge is -2.35. The van der Waals surface area contributed by atoms with Gasteiger partial charge in [-0.15, -0.1) is 0 Å². The van der Waals surface area contributed by atoms with Gasteiger partial charge in [0.05, 0.1) is 0 Å². The van der Waals surface area contributed by atoms with Crippen LogP contribution in [-0.4, -0.2) is 53.7 Å². The molecule has 1 aromatic rings. The monoisotopic (exact) mass is 432 g/mol. The van der Waals surface area contributed by atoms with E-state index in [0.717, 1.165) is 5.56 Å². The molecular weight excluding hydrogens is 396 g/mol. The van der Waals surface area contributed by atoms with Crippen LogP contribution in [0.15, 0.2) is 30.3 Å². The zero-order valence-electron chi connectivity index (χ0n) is 19.2. The van der Waals surface area contributed by atoms with E-state index >= 15 is 0 Å². The van der Waals surface area contributed by atoms with Crippen molar-refractivity contribution in [2.45, 2.75) is 71.7 Å². The molecule has 1 aliphatic heterocycles. The fraction of sp³-hybridized carbons (Fsp3) is 0.609. The number of hydrogen-bond donors (Lipinski definition) is 3. The number of likely N-dealkylation sites (tertiary alicyclic amines) is 1. The molecule has 8 heteroatoms. The minimum absolute atomic E-state index is 0.0291. The van der Waals surface area contributed by atoms with Crippen molar-refractivity contribution in [3.05, 3.63) is 35.9 Å². The number of amides is 4. The normalized spacial score (nSPS) is 15.9. The van der Waals surface area contributed by atoms with Gasteiger partial charge in [-0.25, -0.2) is 9.59 Å². The molecule has 2 rings (SSSR count). The van der Waals surface area contributed by atoms with Gasteiger partial charge in [-0.05, 0) is 45.1 Å². The van der Waals surface area contributed by atoms with Crippen LogP contribution < -0.4 is 16.0 Å². The molecule has 0 aliphatic carbocycles. The maximum absolute atomic E-state index is 13.0. The highest BCUT2D eigenvalue weighted by Crippen LogP contribution is 2.15. The van der Waals surface area contributed by atoms with Gasteiger partial charge >= 0.3 is 12.1 Å². The fourth-order valence-corrected chi connectivity index (χ4v) is 3.40. The number of nitrogens with one attached hydrogen (secondary N) is 3. The topological polar surface area (TPSA) is 99.8 Å². The van der Waals surface area contributed by atoms with Crippen molar-refractivity contribution in [2.75, 3.05) is 13.1 Å². The number of benzene rings is 1. The molecule has 172 valence electrons. The van der Waals surface area contributed by atoms with Gasteiger partial charge in [-0.1, -0.05) is 44.2 Å². The smallest absolute Gasteiger partial charge is 0.407 e. The molecule has 0 saturated carbocycles. The van der Waals surface area contributed by atoms with Crippen LogP contribution >= 0.6 is 0 Å². The molecule has 0 spiro atoms. The first kappa shape index (κ1) is 24.5. The van der Waals surface area contributed by atoms with Gasteiger partial charge in [0.2, 0.25) is 5.91 Å². The predicted molar refractivity (Wildman–Crippen MR) is 119 cm³/mol. The summed E-state index contributed by atoms with van der Waals surface area (Å²) in [4.78, 5) is 39.1. The molecule has 3 N–H and O–H groups in total. The predicted octanol–water partition coefficient (Wildman–Crippen LogP) is 3.03. The molecule has 1 aliphatic rings. The minimum Gasteiger partial charge on any atom is -0.444 e. The van der Waals surface area contributed by atoms with Gasteiger partial charge in [-0.3, -0.25) is 4.79 Å². The van der Waals surface area contributed by atoms with Crippen LogP contribution in [0.4, 0.5) is 9.59 Å². The van der Waals surface area contributed by atoms with E-state index in [-0.39, 0.29) is 23.9 Å². The fourth-order valence-electron chi connectivity index (χ4n) is 3.40. The van der Waals surface area contributed by atoms with Crippen LogP contribution in [0.1, 0.15) is 53.0 Å². The summed E-state index contributed by atoms with van der Waals surface area (Å²) < 4.78 is 5.30. The van der Waals surface area contributed by atoms with Crippen molar-refractivity contribution in [2.24, 2.45) is 5.92 Å². The summed E-state index contributed by atoms with van der Waals surface area (Å²) in [6.45, 7) is 10.7. The van der Waals surface area contributed by atoms with E-state index in [1.807, 2.05) is 65.0 Å². The highest BCUT2D eigenvalue weighted by molar-refractivity contribution is 5.87. The SMILES string of the molecule is CC(C)C(NC(=O)NCc1ccccc1)C(=O)N1CCC(NC(=O)OC(C)(C)C)CC1. The van der Waals surface area contributed by atoms with Gasteiger partial charge in [0.1, 0.15) is 11.6 Å². The third-order valence-corrected chi connectivity index (χ3v) is 5.04. The number of hydrogen-bond acceptors (Lipinski definition) is 4. The quantitative estimate of drug-likeness (QED) is 0.643. The molecule has 0 aromatic heterocycles. The van der Waals surface area contributed by atoms with Crippen LogP contribution in [0.2, 0.25) is 0 Å². The molecule has 1 saturated heterocycles. The van der Waals surface area contributed by atoms with Gasteiger partial charge < -0.3 is 25.6 Å². The molecule has 1 fully saturated rings. The van der Waals surface area contributed by atoms with Gasteiger partial charge in [0.25, 0.3) is 0 Å². The van der Waals surface area contributed by atoms with E-state index in [9.17, 15) is 14.4 Å². The van der Waals surface area contributed by atoms with Gasteiger partial charge in [0.15, 0.2) is 0 Å². The lowest BCUT2D eigenvalue weighted by Crippen LogP contribution is -2.56. The van der Waals surface area contributed by atoms with Crippen LogP contribution in [-0.2, 0) is 16.1 Å². The average molecular weight is 433 g/mol. The van der Waals surface area contributed by atoms with Crippen molar-refractivity contribution in [3.63, 3.8) is 0 Å². The minimum atomic E-state index is -0.605. The Morgan fingerprint density at radius 1 is 1.10 bits per heavy atom. The third-order valence-electron chi connectivity index (χ3n) is 5.04. The zero-order valence-corrected chi connectivity index (χ0v) is 19.2. The van der Waals surface area contributed by atoms with Crippen molar-refractivity contribution >= 4 is 18.0 Å². The van der Waals surface area contributed by atoms with E-state index in [1.54, 1.807) is 4.90 Å². The Labute approximate surface area is 185 Å². The molecule has 0 bridgehead atoms. The van der Waals surface area contributed by atoms with Crippen LogP contribution in [0.25, 0.3) is 0 Å². The Bertz CT molecular complexity index is 738. The molecule has 1 aromatic carbocycles. The van der Waals surface area contributed by atoms with Crippen molar-refractivity contribution in [3.8, 4) is 0 Å². The Hall–Kier alpha value is -2.77. The number of piperidine rings is 1. The maximum atomic E-state index is 13.0. The Balaban J connectivity index is 1.82. The van der Waals surface area contributed by atoms with Crippen molar-refractivity contribution < 1.29 is 19.1 Å². The van der Waals surface area contributed by atoms with Crippen LogP contribution in [0.3, 0.4) is 0 Å². The van der Waals surface area contributed by atoms with E-state index in [2.05, 4.69) is 16.0 Å². The first-order valence-electron chi connectivity index (χ1n) is 10.9.